The van der Waals surface area contributed by atoms with Crippen molar-refractivity contribution in [1.82, 2.24) is 50.5 Å². The van der Waals surface area contributed by atoms with Crippen LogP contribution in [0, 0.1) is 91.9 Å². The number of likely N-dealkylation sites (tertiary alicyclic amines) is 2. The van der Waals surface area contributed by atoms with Crippen molar-refractivity contribution in [3.8, 4) is 40.6 Å². The lowest BCUT2D eigenvalue weighted by atomic mass is 9.88. The number of pyridine rings is 3. The van der Waals surface area contributed by atoms with E-state index in [-0.39, 0.29) is 54.0 Å². The molecule has 0 spiro atoms. The van der Waals surface area contributed by atoms with Crippen molar-refractivity contribution in [3.63, 3.8) is 0 Å². The molecule has 22 heteroatoms. The van der Waals surface area contributed by atoms with Gasteiger partial charge in [-0.15, -0.1) is 0 Å². The molecule has 0 bridgehead atoms. The predicted molar refractivity (Wildman–Crippen MR) is 510 cm³/mol. The van der Waals surface area contributed by atoms with Crippen molar-refractivity contribution in [2.24, 2.45) is 5.92 Å². The quantitative estimate of drug-likeness (QED) is 0.0189. The molecule has 676 valence electrons. The SMILES string of the molecule is CCCCOc1ccc(-c2cc(C(=O)NCc3c(C)cc(C)[nH]c3=O)c(C)c(N(CC)C3CCC(N(C)C)CC3)c2)cc1.CCN(c1cc(C#CC2CCN(C)CC2)cc(C(=O)NCc2c(C)cc(C)[nH]c2=O)c1C)C1CCOCC1.CCN(c1cc(C#CCN2CCCCC2)cc(C(=O)NCc2c(C)cc(C)[nH]c2=O)c1C)C1CCC(N(C)CCOC)CC1. The van der Waals surface area contributed by atoms with Crippen LogP contribution in [0.2, 0.25) is 0 Å². The predicted octanol–water partition coefficient (Wildman–Crippen LogP) is 15.5. The van der Waals surface area contributed by atoms with Gasteiger partial charge in [0.1, 0.15) is 5.75 Å². The number of carbonyl (C=O) groups excluding carboxylic acids is 3. The zero-order chi connectivity index (χ0) is 90.0. The Labute approximate surface area is 745 Å². The fourth-order valence-electron chi connectivity index (χ4n) is 18.9. The van der Waals surface area contributed by atoms with Gasteiger partial charge < -0.3 is 74.5 Å². The summed E-state index contributed by atoms with van der Waals surface area (Å²) in [6, 6.07) is 28.8. The van der Waals surface area contributed by atoms with Crippen LogP contribution in [0.25, 0.3) is 11.1 Å². The first-order valence-corrected chi connectivity index (χ1v) is 46.3. The number of aromatic nitrogens is 3. The van der Waals surface area contributed by atoms with Crippen molar-refractivity contribution in [2.45, 2.75) is 249 Å². The van der Waals surface area contributed by atoms with Crippen LogP contribution >= 0.6 is 0 Å². The van der Waals surface area contributed by atoms with Crippen LogP contribution in [0.5, 0.6) is 5.75 Å². The molecule has 6 N–H and O–H groups in total. The second-order valence-electron chi connectivity index (χ2n) is 35.7. The Morgan fingerprint density at radius 2 is 0.912 bits per heavy atom. The number of anilines is 3. The zero-order valence-electron chi connectivity index (χ0n) is 78.6. The number of amides is 3. The third-order valence-corrected chi connectivity index (χ3v) is 26.5. The molecule has 5 aliphatic rings. The fourth-order valence-corrected chi connectivity index (χ4v) is 18.9. The third kappa shape index (κ3) is 26.9. The Balaban J connectivity index is 0.000000196. The van der Waals surface area contributed by atoms with Crippen LogP contribution in [-0.2, 0) is 29.1 Å². The maximum atomic E-state index is 13.8. The summed E-state index contributed by atoms with van der Waals surface area (Å²) in [5, 5.41) is 9.10. The first-order chi connectivity index (χ1) is 60.1. The van der Waals surface area contributed by atoms with Crippen molar-refractivity contribution >= 4 is 34.8 Å². The third-order valence-electron chi connectivity index (χ3n) is 26.5. The normalized spacial score (nSPS) is 17.6. The van der Waals surface area contributed by atoms with Gasteiger partial charge in [0.05, 0.1) is 19.8 Å². The van der Waals surface area contributed by atoms with Crippen LogP contribution in [0.4, 0.5) is 17.1 Å². The second kappa shape index (κ2) is 47.7. The maximum absolute atomic E-state index is 13.8. The van der Waals surface area contributed by atoms with Crippen LogP contribution in [0.1, 0.15) is 246 Å². The van der Waals surface area contributed by atoms with E-state index in [1.165, 1.54) is 32.1 Å². The Morgan fingerprint density at radius 3 is 1.34 bits per heavy atom. The molecule has 3 aromatic heterocycles. The molecule has 5 fully saturated rings. The zero-order valence-corrected chi connectivity index (χ0v) is 78.6. The van der Waals surface area contributed by atoms with E-state index in [0.29, 0.717) is 76.1 Å². The van der Waals surface area contributed by atoms with Crippen LogP contribution < -0.4 is 52.1 Å². The number of nitrogens with zero attached hydrogens (tertiary/aromatic N) is 7. The smallest absolute Gasteiger partial charge is 0.253 e. The Morgan fingerprint density at radius 1 is 0.488 bits per heavy atom. The summed E-state index contributed by atoms with van der Waals surface area (Å²) in [6.07, 6.45) is 19.1. The molecule has 22 nitrogen and oxygen atoms in total. The van der Waals surface area contributed by atoms with Gasteiger partial charge in [-0.2, -0.15) is 0 Å². The van der Waals surface area contributed by atoms with E-state index in [1.54, 1.807) is 7.11 Å². The van der Waals surface area contributed by atoms with Gasteiger partial charge in [-0.1, -0.05) is 55.6 Å². The summed E-state index contributed by atoms with van der Waals surface area (Å²) in [4.78, 5) is 104. The number of nitrogens with one attached hydrogen (secondary N) is 6. The standard InChI is InChI=1S/C36H53N5O3.C36H50N4O3.C31H42N4O3/c1-7-41(31-15-13-30(14-16-31)39(5)20-21-44-6)34-24-29(12-11-19-40-17-9-8-10-18-40)23-32(28(34)4)35(42)37-25-33-26(2)22-27(3)38-36(33)43;1-8-10-19-43-31-17-11-27(12-18-31)28-21-32(35(41)37-23-33-24(3)20-25(4)38-36(33)42)26(5)34(22-28)40(9-2)30-15-13-29(14-16-30)39(6)7;1-6-35(26-11-15-38-16-12-26)29-19-25(8-7-24-9-13-34(5)14-10-24)18-27(23(29)4)30(36)32-20-28-21(2)17-22(3)33-31(28)37/h22-24,30-31H,7-10,13-21,25H2,1-6H3,(H,37,42)(H,38,43);11-12,17-18,20-22,29-30H,8-10,13-16,19,23H2,1-7H3,(H,37,41)(H,38,42);17-19,24,26H,6,9-16,20H2,1-5H3,(H,32,36)(H,33,37). The number of benzene rings is 4. The molecule has 7 aromatic rings. The molecule has 125 heavy (non-hydrogen) atoms. The number of hydrogen-bond donors (Lipinski definition) is 6. The lowest BCUT2D eigenvalue weighted by Crippen LogP contribution is -2.44. The van der Waals surface area contributed by atoms with Crippen LogP contribution in [0.15, 0.2) is 93.2 Å². The highest BCUT2D eigenvalue weighted by Crippen LogP contribution is 2.39. The van der Waals surface area contributed by atoms with Gasteiger partial charge in [0.15, 0.2) is 0 Å². The number of piperidine rings is 2. The van der Waals surface area contributed by atoms with Gasteiger partial charge in [0, 0.05) is 181 Å². The molecule has 3 amide bonds. The molecule has 2 saturated carbocycles. The van der Waals surface area contributed by atoms with E-state index in [4.69, 9.17) is 14.2 Å². The van der Waals surface area contributed by atoms with Crippen molar-refractivity contribution < 1.29 is 28.6 Å². The average molecular weight is 1710 g/mol. The molecule has 0 atom stereocenters. The molecular weight excluding hydrogens is 1560 g/mol. The molecule has 12 rings (SSSR count). The molecular formula is C103H145N13O9. The number of carbonyl (C=O) groups is 3. The first-order valence-electron chi connectivity index (χ1n) is 46.3. The van der Waals surface area contributed by atoms with Gasteiger partial charge in [0.25, 0.3) is 34.4 Å². The first kappa shape index (κ1) is 97.4. The second-order valence-corrected chi connectivity index (χ2v) is 35.7. The van der Waals surface area contributed by atoms with E-state index in [2.05, 4.69) is 182 Å². The number of H-pyrrole nitrogens is 3. The number of hydrogen-bond acceptors (Lipinski definition) is 16. The monoisotopic (exact) mass is 1710 g/mol. The van der Waals surface area contributed by atoms with Crippen molar-refractivity contribution in [3.05, 3.63) is 205 Å². The summed E-state index contributed by atoms with van der Waals surface area (Å²) in [7, 11) is 10.5. The molecule has 3 saturated heterocycles. The Kier molecular flexibility index (Phi) is 37.2. The largest absolute Gasteiger partial charge is 0.494 e. The Hall–Kier alpha value is -9.78. The number of ether oxygens (including phenoxy) is 3. The highest BCUT2D eigenvalue weighted by molar-refractivity contribution is 6.00. The summed E-state index contributed by atoms with van der Waals surface area (Å²) in [5.41, 5.74) is 18.1. The number of aryl methyl sites for hydroxylation is 6. The summed E-state index contributed by atoms with van der Waals surface area (Å²) in [5.74, 6) is 14.4. The molecule has 0 unspecified atom stereocenters. The topological polar surface area (TPSA) is 236 Å². The molecule has 2 aliphatic carbocycles. The lowest BCUT2D eigenvalue weighted by Gasteiger charge is -2.41. The molecule has 4 aromatic carbocycles. The van der Waals surface area contributed by atoms with Crippen molar-refractivity contribution in [1.29, 1.82) is 0 Å². The average Bonchev–Trinajstić information content (AvgIpc) is 0.770. The maximum Gasteiger partial charge on any atom is 0.253 e. The minimum absolute atomic E-state index is 0.154. The summed E-state index contributed by atoms with van der Waals surface area (Å²) >= 11 is 0. The van der Waals surface area contributed by atoms with Gasteiger partial charge >= 0.3 is 0 Å². The number of unbranched alkanes of at least 4 members (excludes halogenated alkanes) is 1. The molecule has 6 heterocycles. The van der Waals surface area contributed by atoms with E-state index in [1.807, 2.05) is 104 Å². The van der Waals surface area contributed by atoms with E-state index in [0.717, 1.165) is 251 Å². The lowest BCUT2D eigenvalue weighted by molar-refractivity contribution is 0.0845. The highest BCUT2D eigenvalue weighted by Gasteiger charge is 2.33. The molecule has 3 aliphatic heterocycles. The minimum Gasteiger partial charge on any atom is -0.494 e. The number of rotatable bonds is 29. The van der Waals surface area contributed by atoms with E-state index in [9.17, 15) is 28.8 Å². The Bertz CT molecular complexity index is 5070. The van der Waals surface area contributed by atoms with Gasteiger partial charge in [0.2, 0.25) is 0 Å². The van der Waals surface area contributed by atoms with E-state index >= 15 is 0 Å². The fraction of sp³-hybridized carbons (Fsp3) is 0.553. The number of likely N-dealkylation sites (N-methyl/N-ethyl adjacent to an activating group) is 1. The van der Waals surface area contributed by atoms with Crippen LogP contribution in [0.3, 0.4) is 0 Å². The highest BCUT2D eigenvalue weighted by atomic mass is 16.5. The van der Waals surface area contributed by atoms with Gasteiger partial charge in [-0.25, -0.2) is 0 Å². The van der Waals surface area contributed by atoms with Gasteiger partial charge in [-0.3, -0.25) is 33.7 Å². The summed E-state index contributed by atoms with van der Waals surface area (Å²) in [6.45, 7) is 38.3. The molecule has 0 radical (unpaired) electrons. The number of methoxy groups -OCH3 is 1. The van der Waals surface area contributed by atoms with E-state index < -0.39 is 0 Å². The summed E-state index contributed by atoms with van der Waals surface area (Å²) < 4.78 is 16.8. The minimum atomic E-state index is -0.186. The number of aromatic amines is 3. The van der Waals surface area contributed by atoms with Crippen molar-refractivity contribution in [2.75, 3.05) is 135 Å². The van der Waals surface area contributed by atoms with Gasteiger partial charge in [-0.05, 0) is 345 Å². The van der Waals surface area contributed by atoms with Crippen LogP contribution in [-0.4, -0.2) is 203 Å².